The Kier molecular flexibility index (Phi) is 7.78. The van der Waals surface area contributed by atoms with Gasteiger partial charge in [-0.3, -0.25) is 0 Å². The SMILES string of the molecule is C1=CCc2c(c3ccccc3c3ccccc23)C1.C1=CCc2c(ccc3ccccc23)C1.C1=CCc2cc3ccccc3cc2C1. The summed E-state index contributed by atoms with van der Waals surface area (Å²) in [4.78, 5) is 0. The monoisotopic (exact) mass is 590 g/mol. The Labute approximate surface area is 272 Å². The van der Waals surface area contributed by atoms with E-state index in [1.54, 1.807) is 0 Å². The minimum absolute atomic E-state index is 1.07. The maximum Gasteiger partial charge on any atom is -0.00881 e. The van der Waals surface area contributed by atoms with Crippen molar-refractivity contribution >= 4 is 43.1 Å². The van der Waals surface area contributed by atoms with E-state index >= 15 is 0 Å². The Hall–Kier alpha value is -5.20. The smallest absolute Gasteiger partial charge is 0.00881 e. The third-order valence-electron chi connectivity index (χ3n) is 9.84. The van der Waals surface area contributed by atoms with Gasteiger partial charge in [0.25, 0.3) is 0 Å². The van der Waals surface area contributed by atoms with E-state index < -0.39 is 0 Å². The van der Waals surface area contributed by atoms with E-state index in [0.717, 1.165) is 38.5 Å². The van der Waals surface area contributed by atoms with E-state index in [4.69, 9.17) is 0 Å². The van der Waals surface area contributed by atoms with Gasteiger partial charge in [-0.1, -0.05) is 158 Å². The van der Waals surface area contributed by atoms with Crippen molar-refractivity contribution in [3.8, 4) is 0 Å². The lowest BCUT2D eigenvalue weighted by Gasteiger charge is -2.18. The van der Waals surface area contributed by atoms with E-state index in [2.05, 4.69) is 158 Å². The van der Waals surface area contributed by atoms with Crippen LogP contribution >= 0.6 is 0 Å². The molecule has 3 aliphatic rings. The average Bonchev–Trinajstić information content (AvgIpc) is 3.14. The molecule has 0 heteroatoms. The van der Waals surface area contributed by atoms with Crippen molar-refractivity contribution in [3.63, 3.8) is 0 Å². The van der Waals surface area contributed by atoms with Gasteiger partial charge in [0.05, 0.1) is 0 Å². The van der Waals surface area contributed by atoms with Gasteiger partial charge in [-0.05, 0) is 115 Å². The maximum absolute atomic E-state index is 2.33. The van der Waals surface area contributed by atoms with Gasteiger partial charge in [-0.2, -0.15) is 0 Å². The van der Waals surface area contributed by atoms with E-state index in [1.165, 1.54) is 76.5 Å². The highest BCUT2D eigenvalue weighted by molar-refractivity contribution is 6.11. The van der Waals surface area contributed by atoms with Crippen LogP contribution in [0.3, 0.4) is 0 Å². The first kappa shape index (κ1) is 28.3. The van der Waals surface area contributed by atoms with E-state index in [0.29, 0.717) is 0 Å². The van der Waals surface area contributed by atoms with Crippen molar-refractivity contribution in [2.24, 2.45) is 0 Å². The predicted molar refractivity (Wildman–Crippen MR) is 199 cm³/mol. The molecule has 7 aromatic rings. The summed E-state index contributed by atoms with van der Waals surface area (Å²) in [7, 11) is 0. The first-order chi connectivity index (χ1) is 22.8. The summed E-state index contributed by atoms with van der Waals surface area (Å²) >= 11 is 0. The summed E-state index contributed by atoms with van der Waals surface area (Å²) in [6, 6.07) is 44.0. The average molecular weight is 591 g/mol. The Balaban J connectivity index is 0.000000103. The van der Waals surface area contributed by atoms with Crippen LogP contribution in [0.25, 0.3) is 43.1 Å². The molecule has 0 aromatic heterocycles. The molecular weight excluding hydrogens is 553 g/mol. The van der Waals surface area contributed by atoms with Crippen LogP contribution in [-0.4, -0.2) is 0 Å². The standard InChI is InChI=1S/C18H14.2C14H12/c1-2-8-14-13(7-1)15-9-3-4-11-17(15)18-12-6-5-10-16(14)18;1-3-7-13-11(5-1)9-10-12-6-2-4-8-14(12)13;1-2-6-12-10-14-8-4-3-7-13(14)9-11(12)5-1/h1-9,11H,10,12H2;1-5,7,9-10H,6,8H2;1-6,9-10H,7-8H2. The highest BCUT2D eigenvalue weighted by Crippen LogP contribution is 2.35. The van der Waals surface area contributed by atoms with Crippen molar-refractivity contribution in [3.05, 3.63) is 191 Å². The van der Waals surface area contributed by atoms with Gasteiger partial charge in [0.15, 0.2) is 0 Å². The molecule has 0 nitrogen and oxygen atoms in total. The van der Waals surface area contributed by atoms with Crippen molar-refractivity contribution in [1.29, 1.82) is 0 Å². The third kappa shape index (κ3) is 5.46. The molecule has 0 saturated heterocycles. The normalized spacial score (nSPS) is 14.2. The zero-order valence-electron chi connectivity index (χ0n) is 26.3. The summed E-state index contributed by atoms with van der Waals surface area (Å²) in [6.07, 6.45) is 20.2. The number of hydrogen-bond donors (Lipinski definition) is 0. The number of fused-ring (bicyclic) bond motifs is 11. The minimum atomic E-state index is 1.07. The largest absolute Gasteiger partial charge is 0.0838 e. The van der Waals surface area contributed by atoms with Gasteiger partial charge in [-0.25, -0.2) is 0 Å². The summed E-state index contributed by atoms with van der Waals surface area (Å²) < 4.78 is 0. The quantitative estimate of drug-likeness (QED) is 0.122. The van der Waals surface area contributed by atoms with E-state index in [9.17, 15) is 0 Å². The van der Waals surface area contributed by atoms with Crippen LogP contribution in [0.1, 0.15) is 33.4 Å². The lowest BCUT2D eigenvalue weighted by atomic mass is 9.86. The van der Waals surface area contributed by atoms with Crippen molar-refractivity contribution in [2.75, 3.05) is 0 Å². The second-order valence-electron chi connectivity index (χ2n) is 12.6. The molecule has 0 atom stereocenters. The molecule has 0 N–H and O–H groups in total. The zero-order valence-corrected chi connectivity index (χ0v) is 26.3. The second kappa shape index (κ2) is 12.7. The summed E-state index contributed by atoms with van der Waals surface area (Å²) in [5.41, 5.74) is 9.04. The van der Waals surface area contributed by atoms with Crippen LogP contribution in [0.4, 0.5) is 0 Å². The molecule has 0 aliphatic heterocycles. The fourth-order valence-electron chi connectivity index (χ4n) is 7.52. The molecule has 0 amide bonds. The van der Waals surface area contributed by atoms with Crippen LogP contribution in [0.15, 0.2) is 158 Å². The van der Waals surface area contributed by atoms with Crippen LogP contribution in [-0.2, 0) is 38.5 Å². The minimum Gasteiger partial charge on any atom is -0.0838 e. The topological polar surface area (TPSA) is 0 Å². The fourth-order valence-corrected chi connectivity index (χ4v) is 7.52. The molecule has 222 valence electrons. The van der Waals surface area contributed by atoms with Gasteiger partial charge in [0.1, 0.15) is 0 Å². The lowest BCUT2D eigenvalue weighted by Crippen LogP contribution is -2.00. The second-order valence-corrected chi connectivity index (χ2v) is 12.6. The van der Waals surface area contributed by atoms with Crippen molar-refractivity contribution in [1.82, 2.24) is 0 Å². The van der Waals surface area contributed by atoms with Crippen LogP contribution in [0.5, 0.6) is 0 Å². The predicted octanol–water partition coefficient (Wildman–Crippen LogP) is 11.6. The van der Waals surface area contributed by atoms with Gasteiger partial charge in [0, 0.05) is 0 Å². The summed E-state index contributed by atoms with van der Waals surface area (Å²) in [6.45, 7) is 0. The Morgan fingerprint density at radius 1 is 0.261 bits per heavy atom. The van der Waals surface area contributed by atoms with Crippen LogP contribution in [0, 0.1) is 0 Å². The zero-order chi connectivity index (χ0) is 30.7. The molecule has 46 heavy (non-hydrogen) atoms. The van der Waals surface area contributed by atoms with Crippen molar-refractivity contribution < 1.29 is 0 Å². The highest BCUT2D eigenvalue weighted by Gasteiger charge is 2.14. The van der Waals surface area contributed by atoms with Gasteiger partial charge in [-0.15, -0.1) is 0 Å². The summed E-state index contributed by atoms with van der Waals surface area (Å²) in [5.74, 6) is 0. The van der Waals surface area contributed by atoms with Crippen LogP contribution in [0.2, 0.25) is 0 Å². The Morgan fingerprint density at radius 2 is 0.652 bits per heavy atom. The molecule has 7 aromatic carbocycles. The van der Waals surface area contributed by atoms with Gasteiger partial charge < -0.3 is 0 Å². The highest BCUT2D eigenvalue weighted by atomic mass is 14.2. The third-order valence-corrected chi connectivity index (χ3v) is 9.84. The first-order valence-electron chi connectivity index (χ1n) is 16.7. The molecule has 0 heterocycles. The molecular formula is C46H38. The number of rotatable bonds is 0. The van der Waals surface area contributed by atoms with E-state index in [-0.39, 0.29) is 0 Å². The molecule has 10 rings (SSSR count). The van der Waals surface area contributed by atoms with Crippen molar-refractivity contribution in [2.45, 2.75) is 38.5 Å². The Morgan fingerprint density at radius 3 is 1.20 bits per heavy atom. The number of allylic oxidation sites excluding steroid dienone is 6. The molecule has 0 spiro atoms. The summed E-state index contributed by atoms with van der Waals surface area (Å²) in [5, 5.41) is 11.1. The number of hydrogen-bond acceptors (Lipinski definition) is 0. The molecule has 0 radical (unpaired) electrons. The molecule has 0 unspecified atom stereocenters. The first-order valence-corrected chi connectivity index (χ1v) is 16.7. The van der Waals surface area contributed by atoms with Gasteiger partial charge in [0.2, 0.25) is 0 Å². The molecule has 0 bridgehead atoms. The van der Waals surface area contributed by atoms with Crippen LogP contribution < -0.4 is 0 Å². The maximum atomic E-state index is 2.33. The Bertz CT molecular complexity index is 2190. The number of benzene rings is 7. The molecule has 3 aliphatic carbocycles. The fraction of sp³-hybridized carbons (Fsp3) is 0.130. The van der Waals surface area contributed by atoms with E-state index in [1.807, 2.05) is 0 Å². The molecule has 0 saturated carbocycles. The molecule has 0 fully saturated rings. The lowest BCUT2D eigenvalue weighted by molar-refractivity contribution is 1.10. The van der Waals surface area contributed by atoms with Gasteiger partial charge >= 0.3 is 0 Å².